The van der Waals surface area contributed by atoms with Crippen molar-refractivity contribution >= 4 is 22.9 Å². The van der Waals surface area contributed by atoms with Crippen LogP contribution in [-0.2, 0) is 6.42 Å². The van der Waals surface area contributed by atoms with Gasteiger partial charge in [-0.1, -0.05) is 18.5 Å². The van der Waals surface area contributed by atoms with Crippen LogP contribution in [0.1, 0.15) is 42.7 Å². The first-order chi connectivity index (χ1) is 7.74. The van der Waals surface area contributed by atoms with E-state index >= 15 is 0 Å². The Morgan fingerprint density at radius 1 is 1.69 bits per heavy atom. The van der Waals surface area contributed by atoms with Gasteiger partial charge in [0.05, 0.1) is 4.34 Å². The second-order valence-electron chi connectivity index (χ2n) is 4.30. The predicted molar refractivity (Wildman–Crippen MR) is 69.3 cm³/mol. The average molecular weight is 260 g/mol. The molecule has 2 nitrogen and oxygen atoms in total. The van der Waals surface area contributed by atoms with Crippen LogP contribution < -0.4 is 5.32 Å². The van der Waals surface area contributed by atoms with Crippen molar-refractivity contribution in [3.63, 3.8) is 0 Å². The summed E-state index contributed by atoms with van der Waals surface area (Å²) in [5.74, 6) is 0. The van der Waals surface area contributed by atoms with E-state index in [0.717, 1.165) is 23.6 Å². The number of rotatable bonds is 5. The first-order valence-corrected chi connectivity index (χ1v) is 7.09. The third-order valence-electron chi connectivity index (χ3n) is 3.25. The van der Waals surface area contributed by atoms with Crippen LogP contribution >= 0.6 is 22.9 Å². The van der Waals surface area contributed by atoms with Crippen LogP contribution in [0, 0.1) is 0 Å². The van der Waals surface area contributed by atoms with E-state index < -0.39 is 0 Å². The van der Waals surface area contributed by atoms with Crippen LogP contribution in [0.4, 0.5) is 0 Å². The zero-order chi connectivity index (χ0) is 11.5. The summed E-state index contributed by atoms with van der Waals surface area (Å²) in [7, 11) is 0. The summed E-state index contributed by atoms with van der Waals surface area (Å²) < 4.78 is 0.895. The van der Waals surface area contributed by atoms with Crippen molar-refractivity contribution in [2.75, 3.05) is 6.61 Å². The lowest BCUT2D eigenvalue weighted by molar-refractivity contribution is 0.255. The van der Waals surface area contributed by atoms with Crippen molar-refractivity contribution in [3.8, 4) is 0 Å². The SMILES string of the molecule is CCC(CCO)NC1CCc2sc(Cl)cc21. The number of hydrogen-bond donors (Lipinski definition) is 2. The van der Waals surface area contributed by atoms with Gasteiger partial charge in [0.25, 0.3) is 0 Å². The highest BCUT2D eigenvalue weighted by Crippen LogP contribution is 2.39. The molecule has 0 radical (unpaired) electrons. The molecule has 0 amide bonds. The molecule has 0 aliphatic heterocycles. The Bertz CT molecular complexity index is 353. The van der Waals surface area contributed by atoms with Crippen molar-refractivity contribution in [2.45, 2.75) is 44.7 Å². The normalized spacial score (nSPS) is 21.1. The maximum atomic E-state index is 8.98. The maximum Gasteiger partial charge on any atom is 0.0934 e. The number of nitrogens with one attached hydrogen (secondary N) is 1. The molecule has 0 bridgehead atoms. The summed E-state index contributed by atoms with van der Waals surface area (Å²) in [5, 5.41) is 12.6. The van der Waals surface area contributed by atoms with Gasteiger partial charge in [0.1, 0.15) is 0 Å². The Hall–Kier alpha value is -0.0900. The van der Waals surface area contributed by atoms with Crippen molar-refractivity contribution in [2.24, 2.45) is 0 Å². The number of thiophene rings is 1. The Labute approximate surface area is 106 Å². The number of aliphatic hydroxyl groups is 1. The third kappa shape index (κ3) is 2.59. The predicted octanol–water partition coefficient (Wildman–Crippen LogP) is 3.14. The highest BCUT2D eigenvalue weighted by molar-refractivity contribution is 7.16. The van der Waals surface area contributed by atoms with Gasteiger partial charge in [0.2, 0.25) is 0 Å². The van der Waals surface area contributed by atoms with Crippen LogP contribution in [0.3, 0.4) is 0 Å². The van der Waals surface area contributed by atoms with Gasteiger partial charge in [-0.05, 0) is 37.3 Å². The number of hydrogen-bond acceptors (Lipinski definition) is 3. The number of halogens is 1. The fourth-order valence-corrected chi connectivity index (χ4v) is 3.71. The molecule has 1 aromatic rings. The smallest absolute Gasteiger partial charge is 0.0934 e. The first-order valence-electron chi connectivity index (χ1n) is 5.89. The van der Waals surface area contributed by atoms with Crippen molar-refractivity contribution < 1.29 is 5.11 Å². The Morgan fingerprint density at radius 3 is 3.19 bits per heavy atom. The lowest BCUT2D eigenvalue weighted by atomic mass is 10.1. The van der Waals surface area contributed by atoms with E-state index in [9.17, 15) is 0 Å². The number of aliphatic hydroxyl groups excluding tert-OH is 1. The van der Waals surface area contributed by atoms with E-state index in [-0.39, 0.29) is 6.61 Å². The van der Waals surface area contributed by atoms with Crippen LogP contribution in [0.2, 0.25) is 4.34 Å². The molecule has 0 saturated carbocycles. The molecule has 2 rings (SSSR count). The minimum atomic E-state index is 0.259. The molecule has 4 heteroatoms. The molecular formula is C12H18ClNOS. The Kier molecular flexibility index (Phi) is 4.25. The molecule has 1 aromatic heterocycles. The highest BCUT2D eigenvalue weighted by Gasteiger charge is 2.26. The fourth-order valence-electron chi connectivity index (χ4n) is 2.35. The van der Waals surface area contributed by atoms with E-state index in [2.05, 4.69) is 18.3 Å². The van der Waals surface area contributed by atoms with Gasteiger partial charge < -0.3 is 10.4 Å². The standard InChI is InChI=1S/C12H18ClNOS/c1-2-8(5-6-15)14-10-3-4-11-9(10)7-12(13)16-11/h7-8,10,14-15H,2-6H2,1H3. The van der Waals surface area contributed by atoms with Crippen molar-refractivity contribution in [1.29, 1.82) is 0 Å². The highest BCUT2D eigenvalue weighted by atomic mass is 35.5. The monoisotopic (exact) mass is 259 g/mol. The van der Waals surface area contributed by atoms with Gasteiger partial charge in [-0.15, -0.1) is 11.3 Å². The average Bonchev–Trinajstić information content (AvgIpc) is 2.78. The summed E-state index contributed by atoms with van der Waals surface area (Å²) >= 11 is 7.73. The molecule has 0 saturated heterocycles. The van der Waals surface area contributed by atoms with Crippen LogP contribution in [0.5, 0.6) is 0 Å². The molecule has 16 heavy (non-hydrogen) atoms. The molecule has 0 fully saturated rings. The summed E-state index contributed by atoms with van der Waals surface area (Å²) in [6.07, 6.45) is 4.20. The Balaban J connectivity index is 2.01. The minimum absolute atomic E-state index is 0.259. The third-order valence-corrected chi connectivity index (χ3v) is 4.59. The minimum Gasteiger partial charge on any atom is -0.396 e. The van der Waals surface area contributed by atoms with Crippen LogP contribution in [-0.4, -0.2) is 17.8 Å². The topological polar surface area (TPSA) is 32.3 Å². The van der Waals surface area contributed by atoms with Crippen molar-refractivity contribution in [1.82, 2.24) is 5.32 Å². The molecule has 1 aliphatic carbocycles. The largest absolute Gasteiger partial charge is 0.396 e. The number of aryl methyl sites for hydroxylation is 1. The van der Waals surface area contributed by atoms with Gasteiger partial charge in [0, 0.05) is 23.6 Å². The fraction of sp³-hybridized carbons (Fsp3) is 0.667. The molecule has 2 N–H and O–H groups in total. The zero-order valence-corrected chi connectivity index (χ0v) is 11.1. The summed E-state index contributed by atoms with van der Waals surface area (Å²) in [6, 6.07) is 2.95. The van der Waals surface area contributed by atoms with Gasteiger partial charge in [0.15, 0.2) is 0 Å². The molecule has 0 spiro atoms. The lowest BCUT2D eigenvalue weighted by Crippen LogP contribution is -2.32. The number of fused-ring (bicyclic) bond motifs is 1. The van der Waals surface area contributed by atoms with E-state index in [0.29, 0.717) is 12.1 Å². The molecule has 2 atom stereocenters. The molecule has 1 aliphatic rings. The van der Waals surface area contributed by atoms with E-state index in [1.165, 1.54) is 16.9 Å². The quantitative estimate of drug-likeness (QED) is 0.852. The first kappa shape index (κ1) is 12.4. The van der Waals surface area contributed by atoms with E-state index in [1.807, 2.05) is 0 Å². The second-order valence-corrected chi connectivity index (χ2v) is 6.07. The van der Waals surface area contributed by atoms with Crippen molar-refractivity contribution in [3.05, 3.63) is 20.8 Å². The molecule has 90 valence electrons. The maximum absolute atomic E-state index is 8.98. The summed E-state index contributed by atoms with van der Waals surface area (Å²) in [4.78, 5) is 1.43. The van der Waals surface area contributed by atoms with E-state index in [4.69, 9.17) is 16.7 Å². The zero-order valence-electron chi connectivity index (χ0n) is 9.50. The van der Waals surface area contributed by atoms with Crippen LogP contribution in [0.15, 0.2) is 6.07 Å². The molecule has 0 aromatic carbocycles. The molecule has 2 unspecified atom stereocenters. The summed E-state index contributed by atoms with van der Waals surface area (Å²) in [5.41, 5.74) is 1.38. The van der Waals surface area contributed by atoms with Gasteiger partial charge in [-0.2, -0.15) is 0 Å². The lowest BCUT2D eigenvalue weighted by Gasteiger charge is -2.21. The molecule has 1 heterocycles. The van der Waals surface area contributed by atoms with Crippen LogP contribution in [0.25, 0.3) is 0 Å². The van der Waals surface area contributed by atoms with Gasteiger partial charge in [-0.3, -0.25) is 0 Å². The van der Waals surface area contributed by atoms with E-state index in [1.54, 1.807) is 11.3 Å². The Morgan fingerprint density at radius 2 is 2.50 bits per heavy atom. The van der Waals surface area contributed by atoms with Gasteiger partial charge in [-0.25, -0.2) is 0 Å². The second kappa shape index (κ2) is 5.50. The molecular weight excluding hydrogens is 242 g/mol. The summed E-state index contributed by atoms with van der Waals surface area (Å²) in [6.45, 7) is 2.42. The van der Waals surface area contributed by atoms with Gasteiger partial charge >= 0.3 is 0 Å².